The molecule has 0 spiro atoms. The van der Waals surface area contributed by atoms with Gasteiger partial charge in [-0.3, -0.25) is 0 Å². The number of carbonyl (C=O) groups is 1. The van der Waals surface area contributed by atoms with E-state index in [1.165, 1.54) is 6.07 Å². The average molecular weight is 592 g/mol. The molecule has 3 aliphatic heterocycles. The maximum absolute atomic E-state index is 13.9. The van der Waals surface area contributed by atoms with Crippen LogP contribution in [0.4, 0.5) is 35.5 Å². The number of rotatable bonds is 3. The third-order valence-electron chi connectivity index (χ3n) is 8.23. The Labute approximate surface area is 231 Å². The molecule has 2 aromatic heterocycles. The molecule has 0 radical (unpaired) electrons. The van der Waals surface area contributed by atoms with E-state index in [2.05, 4.69) is 9.72 Å². The fourth-order valence-electron chi connectivity index (χ4n) is 5.35. The molecule has 41 heavy (non-hydrogen) atoms. The van der Waals surface area contributed by atoms with Gasteiger partial charge in [-0.15, -0.1) is 0 Å². The molecule has 0 bridgehead atoms. The van der Waals surface area contributed by atoms with Crippen molar-refractivity contribution in [3.63, 3.8) is 0 Å². The van der Waals surface area contributed by atoms with Crippen LogP contribution in [0, 0.1) is 5.82 Å². The highest BCUT2D eigenvalue weighted by Gasteiger charge is 2.60. The van der Waals surface area contributed by atoms with Crippen LogP contribution in [-0.4, -0.2) is 75.6 Å². The van der Waals surface area contributed by atoms with Gasteiger partial charge in [0.1, 0.15) is 5.82 Å². The summed E-state index contributed by atoms with van der Waals surface area (Å²) in [6, 6.07) is 1.39. The minimum atomic E-state index is -5.80. The highest BCUT2D eigenvalue weighted by molar-refractivity contribution is 6.63. The first kappa shape index (κ1) is 29.6. The van der Waals surface area contributed by atoms with E-state index in [0.717, 1.165) is 16.8 Å². The van der Waals surface area contributed by atoms with Gasteiger partial charge in [0.25, 0.3) is 6.10 Å². The number of piperidine rings is 1. The highest BCUT2D eigenvalue weighted by Crippen LogP contribution is 2.40. The number of aromatic nitrogens is 3. The second-order valence-corrected chi connectivity index (χ2v) is 11.5. The smallest absolute Gasteiger partial charge is 0.426 e. The van der Waals surface area contributed by atoms with E-state index in [4.69, 9.17) is 14.4 Å². The second kappa shape index (κ2) is 9.85. The average Bonchev–Trinajstić information content (AvgIpc) is 3.34. The van der Waals surface area contributed by atoms with E-state index < -0.39 is 48.7 Å². The van der Waals surface area contributed by atoms with Crippen LogP contribution >= 0.6 is 0 Å². The zero-order chi connectivity index (χ0) is 30.1. The van der Waals surface area contributed by atoms with Gasteiger partial charge in [-0.25, -0.2) is 18.9 Å². The van der Waals surface area contributed by atoms with Crippen molar-refractivity contribution in [3.05, 3.63) is 35.0 Å². The molecule has 5 rings (SSSR count). The zero-order valence-electron chi connectivity index (χ0n) is 22.7. The predicted molar refractivity (Wildman–Crippen MR) is 130 cm³/mol. The predicted octanol–water partition coefficient (Wildman–Crippen LogP) is 4.61. The van der Waals surface area contributed by atoms with Crippen LogP contribution in [0.3, 0.4) is 0 Å². The SMILES string of the molecule is CC1(C)OB(c2c(C3CCN(C(=O)OC(C(F)(F)F)C(F)(F)F)CC3)nn3c2CCc2cc(F)cnc2-3)OC1(C)C. The molecular formula is C25H28BF7N4O4. The summed E-state index contributed by atoms with van der Waals surface area (Å²) in [5.74, 6) is -0.373. The Bertz CT molecular complexity index is 1310. The number of carbonyl (C=O) groups excluding carboxylic acids is 1. The lowest BCUT2D eigenvalue weighted by atomic mass is 9.72. The first-order valence-corrected chi connectivity index (χ1v) is 13.1. The van der Waals surface area contributed by atoms with Gasteiger partial charge >= 0.3 is 25.6 Å². The number of aryl methyl sites for hydroxylation is 1. The van der Waals surface area contributed by atoms with E-state index in [0.29, 0.717) is 35.4 Å². The standard InChI is InChI=1S/C25H28BF7N4O4/c1-22(2)23(3,4)41-26(40-22)17-16-6-5-14-11-15(27)12-34-19(14)37(16)35-18(17)13-7-9-36(10-8-13)21(38)39-20(24(28,29)30)25(31,32)33/h11-13,20H,5-10H2,1-4H3. The Balaban J connectivity index is 1.43. The van der Waals surface area contributed by atoms with Gasteiger partial charge in [0.05, 0.1) is 23.1 Å². The van der Waals surface area contributed by atoms with E-state index in [-0.39, 0.29) is 31.8 Å². The summed E-state index contributed by atoms with van der Waals surface area (Å²) in [6.45, 7) is 7.25. The maximum Gasteiger partial charge on any atom is 0.498 e. The number of amides is 1. The summed E-state index contributed by atoms with van der Waals surface area (Å²) in [4.78, 5) is 17.4. The largest absolute Gasteiger partial charge is 0.498 e. The van der Waals surface area contributed by atoms with Gasteiger partial charge in [-0.1, -0.05) is 0 Å². The van der Waals surface area contributed by atoms with Crippen LogP contribution < -0.4 is 5.46 Å². The fourth-order valence-corrected chi connectivity index (χ4v) is 5.35. The zero-order valence-corrected chi connectivity index (χ0v) is 22.7. The van der Waals surface area contributed by atoms with Gasteiger partial charge in [-0.05, 0) is 59.4 Å². The van der Waals surface area contributed by atoms with Crippen molar-refractivity contribution >= 4 is 18.7 Å². The van der Waals surface area contributed by atoms with Crippen molar-refractivity contribution in [2.24, 2.45) is 0 Å². The molecule has 2 fully saturated rings. The van der Waals surface area contributed by atoms with Crippen LogP contribution in [0.1, 0.15) is 63.4 Å². The van der Waals surface area contributed by atoms with Gasteiger partial charge < -0.3 is 18.9 Å². The number of ether oxygens (including phenoxy) is 1. The summed E-state index contributed by atoms with van der Waals surface area (Å²) < 4.78 is 109. The molecule has 16 heteroatoms. The van der Waals surface area contributed by atoms with Gasteiger partial charge in [0.2, 0.25) is 0 Å². The highest BCUT2D eigenvalue weighted by atomic mass is 19.4. The first-order chi connectivity index (χ1) is 18.9. The van der Waals surface area contributed by atoms with E-state index in [1.54, 1.807) is 4.68 Å². The molecule has 3 aliphatic rings. The normalized spacial score (nSPS) is 20.8. The Kier molecular flexibility index (Phi) is 7.12. The molecule has 0 unspecified atom stereocenters. The molecule has 2 aromatic rings. The minimum Gasteiger partial charge on any atom is -0.426 e. The number of fused-ring (bicyclic) bond motifs is 3. The Hall–Kier alpha value is -2.88. The molecule has 1 amide bonds. The molecule has 0 aromatic carbocycles. The molecule has 0 saturated carbocycles. The fraction of sp³-hybridized carbons (Fsp3) is 0.640. The Morgan fingerprint density at radius 3 is 2.20 bits per heavy atom. The van der Waals surface area contributed by atoms with Crippen LogP contribution in [0.5, 0.6) is 0 Å². The van der Waals surface area contributed by atoms with Crippen molar-refractivity contribution in [3.8, 4) is 5.82 Å². The Morgan fingerprint density at radius 2 is 1.63 bits per heavy atom. The molecule has 0 atom stereocenters. The summed E-state index contributed by atoms with van der Waals surface area (Å²) >= 11 is 0. The Morgan fingerprint density at radius 1 is 1.05 bits per heavy atom. The third-order valence-corrected chi connectivity index (χ3v) is 8.23. The van der Waals surface area contributed by atoms with Crippen LogP contribution in [0.2, 0.25) is 0 Å². The molecule has 8 nitrogen and oxygen atoms in total. The van der Waals surface area contributed by atoms with Crippen molar-refractivity contribution in [1.82, 2.24) is 19.7 Å². The number of pyridine rings is 1. The van der Waals surface area contributed by atoms with Gasteiger partial charge in [0, 0.05) is 35.7 Å². The molecule has 2 saturated heterocycles. The molecule has 5 heterocycles. The van der Waals surface area contributed by atoms with E-state index in [1.807, 2.05) is 27.7 Å². The van der Waals surface area contributed by atoms with E-state index >= 15 is 0 Å². The number of alkyl halides is 6. The van der Waals surface area contributed by atoms with Crippen molar-refractivity contribution < 1.29 is 49.6 Å². The maximum atomic E-state index is 13.9. The molecular weight excluding hydrogens is 564 g/mol. The van der Waals surface area contributed by atoms with Crippen molar-refractivity contribution in [2.45, 2.75) is 89.0 Å². The summed E-state index contributed by atoms with van der Waals surface area (Å²) in [7, 11) is -0.817. The summed E-state index contributed by atoms with van der Waals surface area (Å²) in [5.41, 5.74) is 1.28. The quantitative estimate of drug-likeness (QED) is 0.383. The summed E-state index contributed by atoms with van der Waals surface area (Å²) in [5, 5.41) is 4.81. The lowest BCUT2D eigenvalue weighted by Gasteiger charge is -2.33. The lowest BCUT2D eigenvalue weighted by molar-refractivity contribution is -0.308. The molecule has 0 aliphatic carbocycles. The first-order valence-electron chi connectivity index (χ1n) is 13.1. The number of hydrogen-bond acceptors (Lipinski definition) is 6. The third kappa shape index (κ3) is 5.40. The van der Waals surface area contributed by atoms with Gasteiger partial charge in [-0.2, -0.15) is 31.4 Å². The van der Waals surface area contributed by atoms with Crippen LogP contribution in [-0.2, 0) is 26.9 Å². The second-order valence-electron chi connectivity index (χ2n) is 11.5. The van der Waals surface area contributed by atoms with Gasteiger partial charge in [0.15, 0.2) is 5.82 Å². The number of nitrogens with zero attached hydrogens (tertiary/aromatic N) is 4. The van der Waals surface area contributed by atoms with Crippen LogP contribution in [0.15, 0.2) is 12.3 Å². The monoisotopic (exact) mass is 592 g/mol. The number of likely N-dealkylation sites (tertiary alicyclic amines) is 1. The lowest BCUT2D eigenvalue weighted by Crippen LogP contribution is -2.49. The van der Waals surface area contributed by atoms with Crippen molar-refractivity contribution in [2.75, 3.05) is 13.1 Å². The van der Waals surface area contributed by atoms with E-state index in [9.17, 15) is 35.5 Å². The van der Waals surface area contributed by atoms with Crippen molar-refractivity contribution in [1.29, 1.82) is 0 Å². The minimum absolute atomic E-state index is 0.156. The number of halogens is 7. The molecule has 0 N–H and O–H groups in total. The topological polar surface area (TPSA) is 78.7 Å². The molecule has 224 valence electrons. The summed E-state index contributed by atoms with van der Waals surface area (Å²) in [6.07, 6.45) is -15.1. The van der Waals surface area contributed by atoms with Crippen LogP contribution in [0.25, 0.3) is 5.82 Å². The number of hydrogen-bond donors (Lipinski definition) is 0.